The molecule has 0 aliphatic rings. The number of nitrogens with two attached hydrogens (primary N) is 2. The molecular weight excluding hydrogens is 166 g/mol. The van der Waals surface area contributed by atoms with Gasteiger partial charge in [0.15, 0.2) is 5.96 Å². The molecule has 0 amide bonds. The average molecular weight is 181 g/mol. The van der Waals surface area contributed by atoms with Gasteiger partial charge in [-0.1, -0.05) is 0 Å². The molecule has 5 nitrogen and oxygen atoms in total. The number of nitrogens with zero attached hydrogens (tertiary/aromatic N) is 2. The molecule has 0 aliphatic carbocycles. The van der Waals surface area contributed by atoms with Crippen LogP contribution in [0.4, 0.5) is 0 Å². The molecule has 5 heteroatoms. The van der Waals surface area contributed by atoms with Crippen LogP contribution in [0.1, 0.15) is 17.7 Å². The van der Waals surface area contributed by atoms with Crippen LogP contribution < -0.4 is 11.5 Å². The highest BCUT2D eigenvalue weighted by molar-refractivity contribution is 5.75. The number of aromatic nitrogens is 2. The summed E-state index contributed by atoms with van der Waals surface area (Å²) in [6.07, 6.45) is 3.74. The van der Waals surface area contributed by atoms with E-state index in [0.29, 0.717) is 6.54 Å². The summed E-state index contributed by atoms with van der Waals surface area (Å²) in [5.41, 5.74) is 12.7. The predicted octanol–water partition coefficient (Wildman–Crippen LogP) is -0.0759. The fourth-order valence-corrected chi connectivity index (χ4v) is 1.11. The summed E-state index contributed by atoms with van der Waals surface area (Å²) in [6, 6.07) is 0. The Hall–Kier alpha value is -1.52. The number of aryl methyl sites for hydroxylation is 2. The van der Waals surface area contributed by atoms with Crippen molar-refractivity contribution in [3.8, 4) is 0 Å². The zero-order chi connectivity index (χ0) is 9.68. The van der Waals surface area contributed by atoms with Crippen LogP contribution in [0, 0.1) is 6.92 Å². The molecule has 0 bridgehead atoms. The van der Waals surface area contributed by atoms with E-state index in [1.54, 1.807) is 0 Å². The first-order valence-corrected chi connectivity index (χ1v) is 4.24. The van der Waals surface area contributed by atoms with Crippen molar-refractivity contribution in [3.63, 3.8) is 0 Å². The molecule has 13 heavy (non-hydrogen) atoms. The van der Waals surface area contributed by atoms with Crippen molar-refractivity contribution in [1.82, 2.24) is 10.2 Å². The molecule has 0 spiro atoms. The van der Waals surface area contributed by atoms with E-state index in [9.17, 15) is 0 Å². The SMILES string of the molecule is Cc1[nH]ncc1CCCN=C(N)N. The number of guanidine groups is 1. The summed E-state index contributed by atoms with van der Waals surface area (Å²) in [4.78, 5) is 3.90. The number of aromatic amines is 1. The van der Waals surface area contributed by atoms with Crippen molar-refractivity contribution < 1.29 is 0 Å². The largest absolute Gasteiger partial charge is 0.370 e. The first kappa shape index (κ1) is 9.57. The van der Waals surface area contributed by atoms with Crippen LogP contribution in [0.3, 0.4) is 0 Å². The van der Waals surface area contributed by atoms with Crippen LogP contribution in [0.2, 0.25) is 0 Å². The highest BCUT2D eigenvalue weighted by Gasteiger charge is 1.98. The van der Waals surface area contributed by atoms with E-state index < -0.39 is 0 Å². The Kier molecular flexibility index (Phi) is 3.31. The van der Waals surface area contributed by atoms with Crippen LogP contribution in [0.25, 0.3) is 0 Å². The van der Waals surface area contributed by atoms with E-state index in [1.165, 1.54) is 5.56 Å². The lowest BCUT2D eigenvalue weighted by Gasteiger charge is -1.96. The fourth-order valence-electron chi connectivity index (χ4n) is 1.11. The molecule has 72 valence electrons. The quantitative estimate of drug-likeness (QED) is 0.344. The van der Waals surface area contributed by atoms with E-state index >= 15 is 0 Å². The molecule has 5 N–H and O–H groups in total. The normalized spacial score (nSPS) is 9.92. The molecular formula is C8H15N5. The van der Waals surface area contributed by atoms with Crippen molar-refractivity contribution in [1.29, 1.82) is 0 Å². The first-order valence-electron chi connectivity index (χ1n) is 4.24. The third-order valence-electron chi connectivity index (χ3n) is 1.83. The van der Waals surface area contributed by atoms with Gasteiger partial charge in [-0.05, 0) is 25.3 Å². The van der Waals surface area contributed by atoms with Gasteiger partial charge in [-0.3, -0.25) is 10.1 Å². The zero-order valence-corrected chi connectivity index (χ0v) is 7.75. The lowest BCUT2D eigenvalue weighted by molar-refractivity contribution is 0.827. The Balaban J connectivity index is 2.28. The molecule has 1 heterocycles. The smallest absolute Gasteiger partial charge is 0.185 e. The fraction of sp³-hybridized carbons (Fsp3) is 0.500. The number of rotatable bonds is 4. The molecule has 0 fully saturated rings. The summed E-state index contributed by atoms with van der Waals surface area (Å²) < 4.78 is 0. The molecule has 0 aromatic carbocycles. The maximum Gasteiger partial charge on any atom is 0.185 e. The first-order chi connectivity index (χ1) is 6.20. The van der Waals surface area contributed by atoms with Gasteiger partial charge in [-0.15, -0.1) is 0 Å². The third-order valence-corrected chi connectivity index (χ3v) is 1.83. The second-order valence-electron chi connectivity index (χ2n) is 2.93. The minimum atomic E-state index is 0.156. The molecule has 0 saturated heterocycles. The molecule has 1 rings (SSSR count). The van der Waals surface area contributed by atoms with Crippen LogP contribution in [-0.2, 0) is 6.42 Å². The Morgan fingerprint density at radius 1 is 1.62 bits per heavy atom. The topological polar surface area (TPSA) is 93.1 Å². The number of H-pyrrole nitrogens is 1. The Labute approximate surface area is 77.2 Å². The average Bonchev–Trinajstić information content (AvgIpc) is 2.45. The van der Waals surface area contributed by atoms with Gasteiger partial charge in [0.25, 0.3) is 0 Å². The number of hydrogen-bond donors (Lipinski definition) is 3. The summed E-state index contributed by atoms with van der Waals surface area (Å²) >= 11 is 0. The number of hydrogen-bond acceptors (Lipinski definition) is 2. The maximum atomic E-state index is 5.19. The van der Waals surface area contributed by atoms with Crippen LogP contribution in [0.5, 0.6) is 0 Å². The maximum absolute atomic E-state index is 5.19. The van der Waals surface area contributed by atoms with E-state index in [4.69, 9.17) is 11.5 Å². The standard InChI is InChI=1S/C8H15N5/c1-6-7(5-12-13-6)3-2-4-11-8(9)10/h5H,2-4H2,1H3,(H,12,13)(H4,9,10,11). The van der Waals surface area contributed by atoms with Gasteiger partial charge in [0.1, 0.15) is 0 Å². The van der Waals surface area contributed by atoms with Crippen LogP contribution in [0.15, 0.2) is 11.2 Å². The van der Waals surface area contributed by atoms with Crippen molar-refractivity contribution >= 4 is 5.96 Å². The van der Waals surface area contributed by atoms with Crippen molar-refractivity contribution in [2.45, 2.75) is 19.8 Å². The van der Waals surface area contributed by atoms with Gasteiger partial charge in [0.2, 0.25) is 0 Å². The highest BCUT2D eigenvalue weighted by atomic mass is 15.1. The lowest BCUT2D eigenvalue weighted by atomic mass is 10.1. The van der Waals surface area contributed by atoms with Gasteiger partial charge in [0.05, 0.1) is 6.20 Å². The van der Waals surface area contributed by atoms with Crippen molar-refractivity contribution in [2.75, 3.05) is 6.54 Å². The Morgan fingerprint density at radius 3 is 2.92 bits per heavy atom. The van der Waals surface area contributed by atoms with E-state index in [0.717, 1.165) is 18.5 Å². The number of nitrogens with one attached hydrogen (secondary N) is 1. The second kappa shape index (κ2) is 4.49. The van der Waals surface area contributed by atoms with Crippen LogP contribution in [-0.4, -0.2) is 22.7 Å². The van der Waals surface area contributed by atoms with Gasteiger partial charge in [-0.2, -0.15) is 5.10 Å². The summed E-state index contributed by atoms with van der Waals surface area (Å²) in [6.45, 7) is 2.68. The van der Waals surface area contributed by atoms with Crippen LogP contribution >= 0.6 is 0 Å². The molecule has 0 aliphatic heterocycles. The minimum absolute atomic E-state index is 0.156. The van der Waals surface area contributed by atoms with Crippen molar-refractivity contribution in [3.05, 3.63) is 17.5 Å². The molecule has 1 aromatic rings. The van der Waals surface area contributed by atoms with Crippen molar-refractivity contribution in [2.24, 2.45) is 16.5 Å². The summed E-state index contributed by atoms with van der Waals surface area (Å²) in [7, 11) is 0. The molecule has 0 atom stereocenters. The molecule has 0 unspecified atom stereocenters. The number of aliphatic imine (C=N–C) groups is 1. The highest BCUT2D eigenvalue weighted by Crippen LogP contribution is 2.05. The molecule has 1 aromatic heterocycles. The summed E-state index contributed by atoms with van der Waals surface area (Å²) in [5.74, 6) is 0.156. The summed E-state index contributed by atoms with van der Waals surface area (Å²) in [5, 5.41) is 6.81. The monoisotopic (exact) mass is 181 g/mol. The van der Waals surface area contributed by atoms with E-state index in [1.807, 2.05) is 13.1 Å². The molecule has 0 saturated carbocycles. The van der Waals surface area contributed by atoms with Gasteiger partial charge in [0, 0.05) is 12.2 Å². The Bertz CT molecular complexity index is 284. The second-order valence-corrected chi connectivity index (χ2v) is 2.93. The van der Waals surface area contributed by atoms with Gasteiger partial charge >= 0.3 is 0 Å². The van der Waals surface area contributed by atoms with Gasteiger partial charge in [-0.25, -0.2) is 0 Å². The lowest BCUT2D eigenvalue weighted by Crippen LogP contribution is -2.23. The molecule has 0 radical (unpaired) electrons. The zero-order valence-electron chi connectivity index (χ0n) is 7.75. The predicted molar refractivity (Wildman–Crippen MR) is 52.3 cm³/mol. The van der Waals surface area contributed by atoms with E-state index in [-0.39, 0.29) is 5.96 Å². The van der Waals surface area contributed by atoms with E-state index in [2.05, 4.69) is 15.2 Å². The van der Waals surface area contributed by atoms with Gasteiger partial charge < -0.3 is 11.5 Å². The minimum Gasteiger partial charge on any atom is -0.370 e. The third kappa shape index (κ3) is 3.14. The Morgan fingerprint density at radius 2 is 2.38 bits per heavy atom.